The first-order valence-electron chi connectivity index (χ1n) is 9.04. The molecule has 1 fully saturated rings. The lowest BCUT2D eigenvalue weighted by Crippen LogP contribution is -2.41. The third-order valence-electron chi connectivity index (χ3n) is 4.40. The van der Waals surface area contributed by atoms with E-state index in [9.17, 15) is 9.59 Å². The Morgan fingerprint density at radius 3 is 2.83 bits per heavy atom. The number of halogens is 1. The molecule has 1 aromatic heterocycles. The molecular weight excluding hydrogens is 430 g/mol. The zero-order chi connectivity index (χ0) is 20.2. The average Bonchev–Trinajstić information content (AvgIpc) is 3.15. The largest absolute Gasteiger partial charge is 0.378 e. The molecule has 0 bridgehead atoms. The van der Waals surface area contributed by atoms with E-state index in [0.717, 1.165) is 14.6 Å². The van der Waals surface area contributed by atoms with E-state index in [2.05, 4.69) is 10.3 Å². The molecule has 4 rings (SSSR count). The number of aromatic nitrogens is 1. The summed E-state index contributed by atoms with van der Waals surface area (Å²) in [6, 6.07) is 12.4. The number of ether oxygens (including phenoxy) is 1. The second-order valence-electron chi connectivity index (χ2n) is 6.41. The summed E-state index contributed by atoms with van der Waals surface area (Å²) < 4.78 is 7.06. The molecule has 0 atom stereocenters. The number of amides is 2. The summed E-state index contributed by atoms with van der Waals surface area (Å²) in [6.07, 6.45) is 0. The van der Waals surface area contributed by atoms with Gasteiger partial charge in [-0.25, -0.2) is 4.98 Å². The van der Waals surface area contributed by atoms with Crippen molar-refractivity contribution in [2.24, 2.45) is 0 Å². The number of benzene rings is 2. The van der Waals surface area contributed by atoms with Crippen LogP contribution >= 0.6 is 34.7 Å². The number of nitrogens with zero attached hydrogens (tertiary/aromatic N) is 2. The van der Waals surface area contributed by atoms with Gasteiger partial charge in [-0.1, -0.05) is 29.4 Å². The molecule has 1 saturated heterocycles. The van der Waals surface area contributed by atoms with Gasteiger partial charge in [0.2, 0.25) is 5.91 Å². The summed E-state index contributed by atoms with van der Waals surface area (Å²) in [5.74, 6) is 0.243. The lowest BCUT2D eigenvalue weighted by molar-refractivity contribution is -0.132. The number of hydrogen-bond donors (Lipinski definition) is 1. The summed E-state index contributed by atoms with van der Waals surface area (Å²) >= 11 is 8.90. The number of hydrogen-bond acceptors (Lipinski definition) is 6. The number of anilines is 1. The van der Waals surface area contributed by atoms with Crippen LogP contribution in [0.3, 0.4) is 0 Å². The van der Waals surface area contributed by atoms with Crippen LogP contribution in [0.5, 0.6) is 0 Å². The van der Waals surface area contributed by atoms with Crippen LogP contribution in [-0.4, -0.2) is 53.8 Å². The number of thioether (sulfide) groups is 1. The molecule has 2 amide bonds. The summed E-state index contributed by atoms with van der Waals surface area (Å²) in [5.41, 5.74) is 2.03. The molecule has 2 aromatic carbocycles. The van der Waals surface area contributed by atoms with Crippen LogP contribution in [0.4, 0.5) is 5.69 Å². The maximum atomic E-state index is 12.4. The van der Waals surface area contributed by atoms with Crippen LogP contribution in [0.25, 0.3) is 10.2 Å². The molecule has 1 aliphatic heterocycles. The smallest absolute Gasteiger partial charge is 0.255 e. The summed E-state index contributed by atoms with van der Waals surface area (Å²) in [4.78, 5) is 31.1. The van der Waals surface area contributed by atoms with Gasteiger partial charge in [0.15, 0.2) is 4.34 Å². The van der Waals surface area contributed by atoms with Crippen molar-refractivity contribution in [2.75, 3.05) is 37.4 Å². The molecule has 0 unspecified atom stereocenters. The van der Waals surface area contributed by atoms with Gasteiger partial charge in [0.25, 0.3) is 5.91 Å². The lowest BCUT2D eigenvalue weighted by atomic mass is 10.2. The molecular formula is C20H18ClN3O3S2. The van der Waals surface area contributed by atoms with Crippen molar-refractivity contribution in [1.29, 1.82) is 0 Å². The molecule has 29 heavy (non-hydrogen) atoms. The maximum absolute atomic E-state index is 12.4. The molecule has 6 nitrogen and oxygen atoms in total. The van der Waals surface area contributed by atoms with E-state index in [4.69, 9.17) is 16.3 Å². The Labute approximate surface area is 181 Å². The minimum atomic E-state index is -0.220. The van der Waals surface area contributed by atoms with Gasteiger partial charge >= 0.3 is 0 Å². The van der Waals surface area contributed by atoms with E-state index < -0.39 is 0 Å². The standard InChI is InChI=1S/C20H18ClN3O3S2/c21-14-3-1-2-13(10-14)19(26)22-15-4-5-16-17(11-15)29-20(23-16)28-12-18(25)24-6-8-27-9-7-24/h1-5,10-11H,6-9,12H2,(H,22,26). The zero-order valence-corrected chi connectivity index (χ0v) is 17.8. The van der Waals surface area contributed by atoms with Crippen molar-refractivity contribution in [2.45, 2.75) is 4.34 Å². The van der Waals surface area contributed by atoms with Crippen molar-refractivity contribution in [3.05, 3.63) is 53.1 Å². The number of carbonyl (C=O) groups excluding carboxylic acids is 2. The second kappa shape index (κ2) is 9.13. The van der Waals surface area contributed by atoms with Gasteiger partial charge < -0.3 is 15.0 Å². The monoisotopic (exact) mass is 447 g/mol. The fourth-order valence-electron chi connectivity index (χ4n) is 2.90. The molecule has 3 aromatic rings. The van der Waals surface area contributed by atoms with E-state index in [1.807, 2.05) is 23.1 Å². The van der Waals surface area contributed by atoms with Crippen LogP contribution in [0.1, 0.15) is 10.4 Å². The molecule has 1 aliphatic rings. The van der Waals surface area contributed by atoms with Gasteiger partial charge in [-0.05, 0) is 36.4 Å². The van der Waals surface area contributed by atoms with Gasteiger partial charge in [0, 0.05) is 29.4 Å². The van der Waals surface area contributed by atoms with Gasteiger partial charge in [-0.15, -0.1) is 11.3 Å². The first-order valence-corrected chi connectivity index (χ1v) is 11.2. The number of thiazole rings is 1. The van der Waals surface area contributed by atoms with Gasteiger partial charge in [0.1, 0.15) is 0 Å². The summed E-state index contributed by atoms with van der Waals surface area (Å²) in [6.45, 7) is 2.49. The van der Waals surface area contributed by atoms with Crippen molar-refractivity contribution >= 4 is 62.4 Å². The minimum absolute atomic E-state index is 0.104. The SMILES string of the molecule is O=C(Nc1ccc2nc(SCC(=O)N3CCOCC3)sc2c1)c1cccc(Cl)c1. The van der Waals surface area contributed by atoms with Crippen LogP contribution in [-0.2, 0) is 9.53 Å². The molecule has 0 spiro atoms. The van der Waals surface area contributed by atoms with Gasteiger partial charge in [-0.2, -0.15) is 0 Å². The number of carbonyl (C=O) groups is 2. The van der Waals surface area contributed by atoms with Crippen molar-refractivity contribution < 1.29 is 14.3 Å². The first-order chi connectivity index (χ1) is 14.1. The molecule has 1 N–H and O–H groups in total. The molecule has 9 heteroatoms. The van der Waals surface area contributed by atoms with Crippen molar-refractivity contribution in [3.63, 3.8) is 0 Å². The molecule has 150 valence electrons. The predicted molar refractivity (Wildman–Crippen MR) is 117 cm³/mol. The fraction of sp³-hybridized carbons (Fsp3) is 0.250. The Balaban J connectivity index is 1.40. The third-order valence-corrected chi connectivity index (χ3v) is 6.78. The molecule has 2 heterocycles. The number of rotatable bonds is 5. The minimum Gasteiger partial charge on any atom is -0.378 e. The lowest BCUT2D eigenvalue weighted by Gasteiger charge is -2.26. The van der Waals surface area contributed by atoms with Crippen LogP contribution in [0, 0.1) is 0 Å². The predicted octanol–water partition coefficient (Wildman–Crippen LogP) is 4.15. The Morgan fingerprint density at radius 1 is 1.21 bits per heavy atom. The highest BCUT2D eigenvalue weighted by Gasteiger charge is 2.17. The van der Waals surface area contributed by atoms with E-state index in [1.165, 1.54) is 23.1 Å². The summed E-state index contributed by atoms with van der Waals surface area (Å²) in [7, 11) is 0. The van der Waals surface area contributed by atoms with E-state index in [0.29, 0.717) is 48.3 Å². The number of nitrogens with one attached hydrogen (secondary N) is 1. The van der Waals surface area contributed by atoms with E-state index in [-0.39, 0.29) is 11.8 Å². The van der Waals surface area contributed by atoms with Crippen LogP contribution in [0.15, 0.2) is 46.8 Å². The van der Waals surface area contributed by atoms with Crippen LogP contribution in [0.2, 0.25) is 5.02 Å². The zero-order valence-electron chi connectivity index (χ0n) is 15.4. The Bertz CT molecular complexity index is 1050. The normalized spacial score (nSPS) is 14.2. The average molecular weight is 448 g/mol. The highest BCUT2D eigenvalue weighted by atomic mass is 35.5. The number of fused-ring (bicyclic) bond motifs is 1. The maximum Gasteiger partial charge on any atom is 0.255 e. The summed E-state index contributed by atoms with van der Waals surface area (Å²) in [5, 5.41) is 3.40. The van der Waals surface area contributed by atoms with Crippen LogP contribution < -0.4 is 5.32 Å². The highest BCUT2D eigenvalue weighted by molar-refractivity contribution is 8.01. The topological polar surface area (TPSA) is 71.5 Å². The Morgan fingerprint density at radius 2 is 2.03 bits per heavy atom. The quantitative estimate of drug-likeness (QED) is 0.595. The van der Waals surface area contributed by atoms with Crippen molar-refractivity contribution in [3.8, 4) is 0 Å². The second-order valence-corrected chi connectivity index (χ2v) is 9.10. The van der Waals surface area contributed by atoms with Gasteiger partial charge in [-0.3, -0.25) is 9.59 Å². The van der Waals surface area contributed by atoms with E-state index in [1.54, 1.807) is 24.3 Å². The Kier molecular flexibility index (Phi) is 6.34. The first kappa shape index (κ1) is 20.2. The molecule has 0 radical (unpaired) electrons. The molecule has 0 aliphatic carbocycles. The molecule has 0 saturated carbocycles. The fourth-order valence-corrected chi connectivity index (χ4v) is 5.10. The van der Waals surface area contributed by atoms with Gasteiger partial charge in [0.05, 0.1) is 29.2 Å². The third kappa shape index (κ3) is 5.08. The Hall–Kier alpha value is -2.13. The number of morpholine rings is 1. The van der Waals surface area contributed by atoms with Crippen molar-refractivity contribution in [1.82, 2.24) is 9.88 Å². The highest BCUT2D eigenvalue weighted by Crippen LogP contribution is 2.31. The van der Waals surface area contributed by atoms with E-state index >= 15 is 0 Å².